The number of amides is 2. The maximum absolute atomic E-state index is 12.1. The molecular formula is C16H28N4O2. The van der Waals surface area contributed by atoms with Crippen LogP contribution in [0.1, 0.15) is 44.1 Å². The number of rotatable bonds is 6. The first-order valence-corrected chi connectivity index (χ1v) is 8.22. The Hall–Kier alpha value is -1.56. The summed E-state index contributed by atoms with van der Waals surface area (Å²) in [5, 5.41) is 10.5. The second-order valence-electron chi connectivity index (χ2n) is 5.94. The minimum Gasteiger partial charge on any atom is -0.381 e. The van der Waals surface area contributed by atoms with Gasteiger partial charge in [0.2, 0.25) is 0 Å². The molecule has 2 atom stereocenters. The highest BCUT2D eigenvalue weighted by Crippen LogP contribution is 2.17. The van der Waals surface area contributed by atoms with Crippen LogP contribution in [-0.4, -0.2) is 35.1 Å². The van der Waals surface area contributed by atoms with Gasteiger partial charge in [-0.15, -0.1) is 0 Å². The third-order valence-corrected chi connectivity index (χ3v) is 4.48. The van der Waals surface area contributed by atoms with Crippen molar-refractivity contribution < 1.29 is 9.53 Å². The van der Waals surface area contributed by atoms with E-state index in [2.05, 4.69) is 29.6 Å². The predicted octanol–water partition coefficient (Wildman–Crippen LogP) is 1.77. The lowest BCUT2D eigenvalue weighted by atomic mass is 10.0. The van der Waals surface area contributed by atoms with Crippen LogP contribution < -0.4 is 10.6 Å². The Labute approximate surface area is 132 Å². The van der Waals surface area contributed by atoms with Crippen LogP contribution in [0.25, 0.3) is 0 Å². The van der Waals surface area contributed by atoms with Gasteiger partial charge in [0.15, 0.2) is 0 Å². The van der Waals surface area contributed by atoms with E-state index in [9.17, 15) is 4.79 Å². The number of ether oxygens (including phenoxy) is 1. The summed E-state index contributed by atoms with van der Waals surface area (Å²) in [5.41, 5.74) is 3.41. The van der Waals surface area contributed by atoms with Crippen LogP contribution in [0.15, 0.2) is 0 Å². The average molecular weight is 308 g/mol. The first-order chi connectivity index (χ1) is 10.6. The molecule has 0 bridgehead atoms. The molecule has 0 aliphatic carbocycles. The van der Waals surface area contributed by atoms with Crippen molar-refractivity contribution in [2.24, 2.45) is 13.0 Å². The van der Waals surface area contributed by atoms with Crippen molar-refractivity contribution in [1.82, 2.24) is 20.4 Å². The Kier molecular flexibility index (Phi) is 5.83. The van der Waals surface area contributed by atoms with Gasteiger partial charge in [-0.2, -0.15) is 5.10 Å². The zero-order valence-electron chi connectivity index (χ0n) is 14.1. The number of aromatic nitrogens is 2. The van der Waals surface area contributed by atoms with Gasteiger partial charge in [0.1, 0.15) is 0 Å². The Balaban J connectivity index is 1.90. The van der Waals surface area contributed by atoms with E-state index in [0.717, 1.165) is 43.7 Å². The average Bonchev–Trinajstić information content (AvgIpc) is 3.12. The van der Waals surface area contributed by atoms with Crippen molar-refractivity contribution in [2.45, 2.75) is 52.6 Å². The molecule has 0 aromatic carbocycles. The Morgan fingerprint density at radius 2 is 2.23 bits per heavy atom. The van der Waals surface area contributed by atoms with Crippen LogP contribution in [0.2, 0.25) is 0 Å². The standard InChI is InChI=1S/C16H28N4O2/c1-5-14-13(15(6-2)20(4)19-14)9-17-16(21)18-11(3)12-7-8-22-10-12/h11-12H,5-10H2,1-4H3,(H2,17,18,21)/t11-,12-/m1/s1. The Morgan fingerprint density at radius 1 is 1.45 bits per heavy atom. The van der Waals surface area contributed by atoms with E-state index in [0.29, 0.717) is 12.5 Å². The lowest BCUT2D eigenvalue weighted by Crippen LogP contribution is -2.44. The summed E-state index contributed by atoms with van der Waals surface area (Å²) in [5.74, 6) is 0.418. The fourth-order valence-corrected chi connectivity index (χ4v) is 3.09. The zero-order chi connectivity index (χ0) is 16.1. The van der Waals surface area contributed by atoms with Gasteiger partial charge in [-0.25, -0.2) is 4.79 Å². The molecule has 124 valence electrons. The minimum atomic E-state index is -0.118. The van der Waals surface area contributed by atoms with Crippen molar-refractivity contribution in [3.8, 4) is 0 Å². The highest BCUT2D eigenvalue weighted by Gasteiger charge is 2.23. The van der Waals surface area contributed by atoms with Gasteiger partial charge < -0.3 is 15.4 Å². The number of hydrogen-bond donors (Lipinski definition) is 2. The van der Waals surface area contributed by atoms with E-state index in [4.69, 9.17) is 4.74 Å². The molecule has 1 saturated heterocycles. The molecule has 1 fully saturated rings. The Bertz CT molecular complexity index is 506. The predicted molar refractivity (Wildman–Crippen MR) is 85.7 cm³/mol. The quantitative estimate of drug-likeness (QED) is 0.841. The Morgan fingerprint density at radius 3 is 2.82 bits per heavy atom. The number of nitrogens with one attached hydrogen (secondary N) is 2. The molecule has 1 aliphatic rings. The van der Waals surface area contributed by atoms with E-state index in [1.807, 2.05) is 18.7 Å². The van der Waals surface area contributed by atoms with Crippen molar-refractivity contribution in [3.63, 3.8) is 0 Å². The lowest BCUT2D eigenvalue weighted by molar-refractivity contribution is 0.178. The molecule has 2 rings (SSSR count). The SMILES string of the molecule is CCc1nn(C)c(CC)c1CNC(=O)N[C@H](C)[C@@H]1CCOC1. The van der Waals surface area contributed by atoms with Crippen molar-refractivity contribution in [3.05, 3.63) is 17.0 Å². The van der Waals surface area contributed by atoms with Gasteiger partial charge in [-0.3, -0.25) is 4.68 Å². The van der Waals surface area contributed by atoms with Crippen LogP contribution >= 0.6 is 0 Å². The van der Waals surface area contributed by atoms with E-state index in [-0.39, 0.29) is 12.1 Å². The maximum Gasteiger partial charge on any atom is 0.315 e. The minimum absolute atomic E-state index is 0.118. The molecule has 2 heterocycles. The first kappa shape index (κ1) is 16.8. The smallest absolute Gasteiger partial charge is 0.315 e. The first-order valence-electron chi connectivity index (χ1n) is 8.22. The number of nitrogens with zero attached hydrogens (tertiary/aromatic N) is 2. The third kappa shape index (κ3) is 3.80. The fourth-order valence-electron chi connectivity index (χ4n) is 3.09. The second kappa shape index (κ2) is 7.63. The molecule has 6 nitrogen and oxygen atoms in total. The van der Waals surface area contributed by atoms with E-state index >= 15 is 0 Å². The molecule has 0 unspecified atom stereocenters. The summed E-state index contributed by atoms with van der Waals surface area (Å²) < 4.78 is 7.29. The molecule has 6 heteroatoms. The van der Waals surface area contributed by atoms with Crippen molar-refractivity contribution >= 4 is 6.03 Å². The van der Waals surface area contributed by atoms with Crippen LogP contribution in [0.5, 0.6) is 0 Å². The summed E-state index contributed by atoms with van der Waals surface area (Å²) >= 11 is 0. The largest absolute Gasteiger partial charge is 0.381 e. The van der Waals surface area contributed by atoms with Crippen LogP contribution in [-0.2, 0) is 31.2 Å². The summed E-state index contributed by atoms with van der Waals surface area (Å²) in [6, 6.07) is 0.0139. The number of aryl methyl sites for hydroxylation is 2. The number of carbonyl (C=O) groups excluding carboxylic acids is 1. The third-order valence-electron chi connectivity index (χ3n) is 4.48. The van der Waals surface area contributed by atoms with Gasteiger partial charge in [0.05, 0.1) is 12.3 Å². The van der Waals surface area contributed by atoms with Crippen molar-refractivity contribution in [1.29, 1.82) is 0 Å². The summed E-state index contributed by atoms with van der Waals surface area (Å²) in [6.07, 6.45) is 2.81. The van der Waals surface area contributed by atoms with Crippen molar-refractivity contribution in [2.75, 3.05) is 13.2 Å². The summed E-state index contributed by atoms with van der Waals surface area (Å²) in [7, 11) is 1.96. The molecule has 22 heavy (non-hydrogen) atoms. The van der Waals surface area contributed by atoms with Crippen LogP contribution in [0.3, 0.4) is 0 Å². The van der Waals surface area contributed by atoms with Gasteiger partial charge in [-0.1, -0.05) is 13.8 Å². The highest BCUT2D eigenvalue weighted by atomic mass is 16.5. The zero-order valence-corrected chi connectivity index (χ0v) is 14.1. The number of carbonyl (C=O) groups is 1. The van der Waals surface area contributed by atoms with E-state index in [1.54, 1.807) is 0 Å². The molecule has 0 saturated carbocycles. The topological polar surface area (TPSA) is 68.2 Å². The molecule has 0 spiro atoms. The van der Waals surface area contributed by atoms with Gasteiger partial charge >= 0.3 is 6.03 Å². The molecule has 1 aliphatic heterocycles. The molecule has 2 N–H and O–H groups in total. The van der Waals surface area contributed by atoms with Gasteiger partial charge in [-0.05, 0) is 26.2 Å². The molecule has 0 radical (unpaired) electrons. The normalized spacial score (nSPS) is 19.2. The lowest BCUT2D eigenvalue weighted by Gasteiger charge is -2.19. The monoisotopic (exact) mass is 308 g/mol. The molecule has 1 aromatic heterocycles. The van der Waals surface area contributed by atoms with E-state index in [1.165, 1.54) is 5.69 Å². The number of urea groups is 1. The van der Waals surface area contributed by atoms with Crippen LogP contribution in [0.4, 0.5) is 4.79 Å². The van der Waals surface area contributed by atoms with Gasteiger partial charge in [0, 0.05) is 43.4 Å². The summed E-state index contributed by atoms with van der Waals surface area (Å²) in [6.45, 7) is 8.31. The fraction of sp³-hybridized carbons (Fsp3) is 0.750. The molecule has 2 amide bonds. The second-order valence-corrected chi connectivity index (χ2v) is 5.94. The van der Waals surface area contributed by atoms with E-state index < -0.39 is 0 Å². The summed E-state index contributed by atoms with van der Waals surface area (Å²) in [4.78, 5) is 12.1. The van der Waals surface area contributed by atoms with Gasteiger partial charge in [0.25, 0.3) is 0 Å². The molecular weight excluding hydrogens is 280 g/mol. The highest BCUT2D eigenvalue weighted by molar-refractivity contribution is 5.74. The number of hydrogen-bond acceptors (Lipinski definition) is 3. The maximum atomic E-state index is 12.1. The molecule has 1 aromatic rings. The van der Waals surface area contributed by atoms with Crippen LogP contribution in [0, 0.1) is 5.92 Å².